The van der Waals surface area contributed by atoms with Crippen LogP contribution in [0.1, 0.15) is 42.1 Å². The third kappa shape index (κ3) is 3.83. The molecule has 0 bridgehead atoms. The molecule has 140 valence electrons. The average molecular weight is 356 g/mol. The number of ether oxygens (including phenoxy) is 1. The largest absolute Gasteiger partial charge is 0.381 e. The van der Waals surface area contributed by atoms with Gasteiger partial charge in [-0.15, -0.1) is 0 Å². The van der Waals surface area contributed by atoms with E-state index in [0.717, 1.165) is 62.3 Å². The maximum absolute atomic E-state index is 13.2. The molecule has 1 aromatic rings. The standard InChI is InChI=1S/C21H28N2O3/c1-3-20(24)23-12-6-8-17-18(7-5-9-19(17)23)21(25)22(4-2)15-16-10-13-26-14-11-16/h3,5,7,9,16H,1,4,6,8,10-15H2,2H3. The Morgan fingerprint density at radius 3 is 2.81 bits per heavy atom. The average Bonchev–Trinajstić information content (AvgIpc) is 2.70. The van der Waals surface area contributed by atoms with Gasteiger partial charge in [-0.1, -0.05) is 12.6 Å². The predicted molar refractivity (Wildman–Crippen MR) is 102 cm³/mol. The molecule has 1 aromatic carbocycles. The minimum atomic E-state index is -0.106. The van der Waals surface area contributed by atoms with Gasteiger partial charge in [0.1, 0.15) is 0 Å². The Morgan fingerprint density at radius 1 is 1.35 bits per heavy atom. The first-order valence-corrected chi connectivity index (χ1v) is 9.58. The lowest BCUT2D eigenvalue weighted by Crippen LogP contribution is -2.39. The second-order valence-corrected chi connectivity index (χ2v) is 7.00. The summed E-state index contributed by atoms with van der Waals surface area (Å²) in [5, 5.41) is 0. The lowest BCUT2D eigenvalue weighted by atomic mass is 9.94. The molecule has 5 nitrogen and oxygen atoms in total. The van der Waals surface area contributed by atoms with Gasteiger partial charge in [-0.3, -0.25) is 9.59 Å². The molecule has 0 atom stereocenters. The van der Waals surface area contributed by atoms with Crippen LogP contribution in [0, 0.1) is 5.92 Å². The highest BCUT2D eigenvalue weighted by molar-refractivity contribution is 6.04. The van der Waals surface area contributed by atoms with Crippen LogP contribution in [0.2, 0.25) is 0 Å². The van der Waals surface area contributed by atoms with Crippen molar-refractivity contribution in [2.45, 2.75) is 32.6 Å². The number of carbonyl (C=O) groups excluding carboxylic acids is 2. The Bertz CT molecular complexity index is 680. The molecule has 0 spiro atoms. The molecule has 26 heavy (non-hydrogen) atoms. The molecule has 5 heteroatoms. The first kappa shape index (κ1) is 18.6. The van der Waals surface area contributed by atoms with Crippen molar-refractivity contribution in [3.8, 4) is 0 Å². The summed E-state index contributed by atoms with van der Waals surface area (Å²) in [5.74, 6) is 0.472. The van der Waals surface area contributed by atoms with Crippen molar-refractivity contribution in [2.75, 3.05) is 37.7 Å². The van der Waals surface area contributed by atoms with E-state index >= 15 is 0 Å². The summed E-state index contributed by atoms with van der Waals surface area (Å²) < 4.78 is 5.43. The number of anilines is 1. The smallest absolute Gasteiger partial charge is 0.254 e. The van der Waals surface area contributed by atoms with Crippen molar-refractivity contribution >= 4 is 17.5 Å². The van der Waals surface area contributed by atoms with Gasteiger partial charge in [0.15, 0.2) is 0 Å². The molecule has 0 saturated carbocycles. The van der Waals surface area contributed by atoms with Crippen LogP contribution in [0.5, 0.6) is 0 Å². The Hall–Kier alpha value is -2.14. The summed E-state index contributed by atoms with van der Waals surface area (Å²) in [7, 11) is 0. The summed E-state index contributed by atoms with van der Waals surface area (Å²) >= 11 is 0. The van der Waals surface area contributed by atoms with Crippen LogP contribution >= 0.6 is 0 Å². The fourth-order valence-electron chi connectivity index (χ4n) is 3.93. The van der Waals surface area contributed by atoms with Crippen molar-refractivity contribution in [2.24, 2.45) is 5.92 Å². The van der Waals surface area contributed by atoms with E-state index in [2.05, 4.69) is 6.58 Å². The summed E-state index contributed by atoms with van der Waals surface area (Å²) in [4.78, 5) is 29.1. The number of fused-ring (bicyclic) bond motifs is 1. The van der Waals surface area contributed by atoms with Crippen LogP contribution in [-0.2, 0) is 16.0 Å². The van der Waals surface area contributed by atoms with Crippen LogP contribution in [-0.4, -0.2) is 49.6 Å². The van der Waals surface area contributed by atoms with Crippen LogP contribution in [0.4, 0.5) is 5.69 Å². The zero-order chi connectivity index (χ0) is 18.5. The molecule has 2 aliphatic heterocycles. The van der Waals surface area contributed by atoms with Gasteiger partial charge < -0.3 is 14.5 Å². The highest BCUT2D eigenvalue weighted by Crippen LogP contribution is 2.31. The van der Waals surface area contributed by atoms with Gasteiger partial charge in [-0.05, 0) is 62.3 Å². The van der Waals surface area contributed by atoms with Crippen LogP contribution in [0.25, 0.3) is 0 Å². The molecule has 2 heterocycles. The summed E-state index contributed by atoms with van der Waals surface area (Å²) in [6.45, 7) is 9.34. The SMILES string of the molecule is C=CC(=O)N1CCCc2c(C(=O)N(CC)CC3CCOCC3)cccc21. The molecule has 0 N–H and O–H groups in total. The number of hydrogen-bond acceptors (Lipinski definition) is 3. The maximum Gasteiger partial charge on any atom is 0.254 e. The maximum atomic E-state index is 13.2. The molecule has 0 radical (unpaired) electrons. The highest BCUT2D eigenvalue weighted by Gasteiger charge is 2.27. The first-order valence-electron chi connectivity index (χ1n) is 9.58. The fourth-order valence-corrected chi connectivity index (χ4v) is 3.93. The van der Waals surface area contributed by atoms with E-state index < -0.39 is 0 Å². The van der Waals surface area contributed by atoms with E-state index in [0.29, 0.717) is 19.0 Å². The third-order valence-electron chi connectivity index (χ3n) is 5.41. The number of carbonyl (C=O) groups is 2. The van der Waals surface area contributed by atoms with Crippen LogP contribution in [0.15, 0.2) is 30.9 Å². The predicted octanol–water partition coefficient (Wildman–Crippen LogP) is 3.04. The Kier molecular flexibility index (Phi) is 6.09. The number of rotatable bonds is 5. The highest BCUT2D eigenvalue weighted by atomic mass is 16.5. The van der Waals surface area contributed by atoms with E-state index in [9.17, 15) is 9.59 Å². The Balaban J connectivity index is 1.84. The zero-order valence-corrected chi connectivity index (χ0v) is 15.6. The molecule has 0 unspecified atom stereocenters. The van der Waals surface area contributed by atoms with Gasteiger partial charge in [-0.2, -0.15) is 0 Å². The van der Waals surface area contributed by atoms with E-state index in [1.165, 1.54) is 6.08 Å². The topological polar surface area (TPSA) is 49.9 Å². The van der Waals surface area contributed by atoms with Gasteiger partial charge in [0, 0.05) is 44.1 Å². The van der Waals surface area contributed by atoms with Crippen LogP contribution in [0.3, 0.4) is 0 Å². The number of amides is 2. The second-order valence-electron chi connectivity index (χ2n) is 7.00. The minimum Gasteiger partial charge on any atom is -0.381 e. The van der Waals surface area contributed by atoms with Crippen molar-refractivity contribution < 1.29 is 14.3 Å². The number of benzene rings is 1. The molecule has 2 aliphatic rings. The number of hydrogen-bond donors (Lipinski definition) is 0. The zero-order valence-electron chi connectivity index (χ0n) is 15.6. The summed E-state index contributed by atoms with van der Waals surface area (Å²) in [6.07, 6.45) is 5.06. The lowest BCUT2D eigenvalue weighted by Gasteiger charge is -2.32. The van der Waals surface area contributed by atoms with Gasteiger partial charge in [0.25, 0.3) is 5.91 Å². The quantitative estimate of drug-likeness (QED) is 0.762. The normalized spacial score (nSPS) is 17.5. The minimum absolute atomic E-state index is 0.0729. The molecule has 1 fully saturated rings. The third-order valence-corrected chi connectivity index (χ3v) is 5.41. The van der Waals surface area contributed by atoms with Crippen molar-refractivity contribution in [1.29, 1.82) is 0 Å². The van der Waals surface area contributed by atoms with Crippen molar-refractivity contribution in [1.82, 2.24) is 4.90 Å². The molecular formula is C21H28N2O3. The van der Waals surface area contributed by atoms with E-state index in [1.807, 2.05) is 30.0 Å². The summed E-state index contributed by atoms with van der Waals surface area (Å²) in [6, 6.07) is 5.71. The van der Waals surface area contributed by atoms with E-state index in [1.54, 1.807) is 4.90 Å². The molecule has 3 rings (SSSR count). The van der Waals surface area contributed by atoms with Crippen molar-refractivity contribution in [3.05, 3.63) is 42.0 Å². The second kappa shape index (κ2) is 8.49. The molecule has 0 aliphatic carbocycles. The Morgan fingerprint density at radius 2 is 2.12 bits per heavy atom. The van der Waals surface area contributed by atoms with Gasteiger partial charge >= 0.3 is 0 Å². The fraction of sp³-hybridized carbons (Fsp3) is 0.524. The molecule has 2 amide bonds. The lowest BCUT2D eigenvalue weighted by molar-refractivity contribution is -0.114. The van der Waals surface area contributed by atoms with E-state index in [-0.39, 0.29) is 11.8 Å². The first-order chi connectivity index (χ1) is 12.7. The van der Waals surface area contributed by atoms with Gasteiger partial charge in [-0.25, -0.2) is 0 Å². The van der Waals surface area contributed by atoms with E-state index in [4.69, 9.17) is 4.74 Å². The Labute approximate surface area is 155 Å². The van der Waals surface area contributed by atoms with Crippen LogP contribution < -0.4 is 4.90 Å². The number of nitrogens with zero attached hydrogens (tertiary/aromatic N) is 2. The molecule has 1 saturated heterocycles. The molecular weight excluding hydrogens is 328 g/mol. The summed E-state index contributed by atoms with van der Waals surface area (Å²) in [5.41, 5.74) is 2.58. The van der Waals surface area contributed by atoms with Crippen molar-refractivity contribution in [3.63, 3.8) is 0 Å². The monoisotopic (exact) mass is 356 g/mol. The van der Waals surface area contributed by atoms with Gasteiger partial charge in [0.2, 0.25) is 5.91 Å². The molecule has 0 aromatic heterocycles. The van der Waals surface area contributed by atoms with Gasteiger partial charge in [0.05, 0.1) is 0 Å².